The van der Waals surface area contributed by atoms with E-state index in [2.05, 4.69) is 0 Å². The number of halogens is 3. The van der Waals surface area contributed by atoms with E-state index in [0.29, 0.717) is 22.6 Å². The number of fused-ring (bicyclic) bond motifs is 4. The van der Waals surface area contributed by atoms with Crippen LogP contribution in [0.2, 0.25) is 0 Å². The molecule has 2 aliphatic carbocycles. The van der Waals surface area contributed by atoms with Gasteiger partial charge in [0.05, 0.1) is 29.8 Å². The Morgan fingerprint density at radius 3 is 2.21 bits per heavy atom. The summed E-state index contributed by atoms with van der Waals surface area (Å²) in [6, 6.07) is 19.0. The normalized spacial score (nSPS) is 29.9. The highest BCUT2D eigenvalue weighted by molar-refractivity contribution is 6.58. The van der Waals surface area contributed by atoms with Gasteiger partial charge in [0.2, 0.25) is 11.8 Å². The second-order valence-corrected chi connectivity index (χ2v) is 13.6. The van der Waals surface area contributed by atoms with E-state index in [1.54, 1.807) is 36.4 Å². The third-order valence-electron chi connectivity index (χ3n) is 10.1. The van der Waals surface area contributed by atoms with Crippen LogP contribution in [0, 0.1) is 23.6 Å². The lowest BCUT2D eigenvalue weighted by molar-refractivity contribution is -0.125. The molecule has 11 heteroatoms. The molecule has 0 bridgehead atoms. The van der Waals surface area contributed by atoms with E-state index in [0.717, 1.165) is 29.0 Å². The highest BCUT2D eigenvalue weighted by Crippen LogP contribution is 2.66. The first-order valence-electron chi connectivity index (χ1n) is 15.6. The molecule has 1 N–H and O–H groups in total. The Bertz CT molecular complexity index is 1830. The predicted molar refractivity (Wildman–Crippen MR) is 174 cm³/mol. The summed E-state index contributed by atoms with van der Waals surface area (Å²) < 4.78 is 19.8. The van der Waals surface area contributed by atoms with Crippen LogP contribution in [0.4, 0.5) is 15.8 Å². The van der Waals surface area contributed by atoms with Gasteiger partial charge >= 0.3 is 0 Å². The van der Waals surface area contributed by atoms with Crippen molar-refractivity contribution in [1.82, 2.24) is 0 Å². The Morgan fingerprint density at radius 2 is 1.53 bits per heavy atom. The zero-order chi connectivity index (χ0) is 33.2. The molecule has 0 spiro atoms. The lowest BCUT2D eigenvalue weighted by Gasteiger charge is -2.50. The number of hydrogen-bond acceptors (Lipinski definition) is 6. The van der Waals surface area contributed by atoms with Crippen molar-refractivity contribution in [2.45, 2.75) is 41.9 Å². The van der Waals surface area contributed by atoms with E-state index < -0.39 is 57.0 Å². The second kappa shape index (κ2) is 11.6. The van der Waals surface area contributed by atoms with Gasteiger partial charge in [0.1, 0.15) is 18.2 Å². The van der Waals surface area contributed by atoms with Gasteiger partial charge in [0.25, 0.3) is 11.8 Å². The smallest absolute Gasteiger partial charge is 0.258 e. The van der Waals surface area contributed by atoms with Crippen molar-refractivity contribution in [3.05, 3.63) is 101 Å². The van der Waals surface area contributed by atoms with E-state index in [4.69, 9.17) is 27.9 Å². The molecule has 3 fully saturated rings. The molecule has 4 amide bonds. The monoisotopic (exact) mass is 676 g/mol. The number of benzene rings is 3. The number of ether oxygens (including phenoxy) is 1. The molecule has 6 unspecified atom stereocenters. The first-order valence-corrected chi connectivity index (χ1v) is 16.3. The number of anilines is 2. The fourth-order valence-corrected chi connectivity index (χ4v) is 8.81. The Kier molecular flexibility index (Phi) is 7.77. The van der Waals surface area contributed by atoms with Gasteiger partial charge in [-0.2, -0.15) is 0 Å². The molecule has 4 aliphatic rings. The van der Waals surface area contributed by atoms with Crippen molar-refractivity contribution < 1.29 is 33.4 Å². The maximum atomic E-state index is 14.5. The molecule has 242 valence electrons. The molecule has 6 atom stereocenters. The topological polar surface area (TPSA) is 104 Å². The molecule has 3 aromatic carbocycles. The van der Waals surface area contributed by atoms with Crippen LogP contribution in [-0.2, 0) is 25.6 Å². The maximum absolute atomic E-state index is 14.5. The number of para-hydroxylation sites is 1. The first-order chi connectivity index (χ1) is 22.6. The van der Waals surface area contributed by atoms with Gasteiger partial charge in [-0.3, -0.25) is 24.1 Å². The largest absolute Gasteiger partial charge is 0.491 e. The number of aliphatic hydroxyl groups is 1. The van der Waals surface area contributed by atoms with Crippen LogP contribution in [0.1, 0.15) is 36.8 Å². The fraction of sp³-hybridized carbons (Fsp3) is 0.333. The highest BCUT2D eigenvalue weighted by Gasteiger charge is 2.77. The number of carbonyl (C=O) groups is 4. The van der Waals surface area contributed by atoms with Crippen molar-refractivity contribution in [2.75, 3.05) is 23.0 Å². The SMILES string of the molecule is CCc1ccc(N2C(=O)C3CC=C4C(CC5(Cl)C(=O)N(c6ccc(F)cc6)C(=O)C5(Cl)C4c4ccccc4OCCO)C3C2=O)cc1. The van der Waals surface area contributed by atoms with Crippen molar-refractivity contribution >= 4 is 58.2 Å². The molecular weight excluding hydrogens is 646 g/mol. The number of aryl methyl sites for hydroxylation is 1. The van der Waals surface area contributed by atoms with Crippen molar-refractivity contribution in [2.24, 2.45) is 17.8 Å². The maximum Gasteiger partial charge on any atom is 0.258 e. The number of amides is 4. The molecule has 0 aromatic heterocycles. The second-order valence-electron chi connectivity index (χ2n) is 12.4. The Labute approximate surface area is 280 Å². The van der Waals surface area contributed by atoms with Gasteiger partial charge in [-0.05, 0) is 73.2 Å². The molecular formula is C36H31Cl2FN2O6. The summed E-state index contributed by atoms with van der Waals surface area (Å²) in [7, 11) is 0. The van der Waals surface area contributed by atoms with Gasteiger partial charge in [-0.15, -0.1) is 23.2 Å². The third-order valence-corrected chi connectivity index (χ3v) is 11.5. The van der Waals surface area contributed by atoms with Crippen molar-refractivity contribution in [1.29, 1.82) is 0 Å². The van der Waals surface area contributed by atoms with Gasteiger partial charge in [0.15, 0.2) is 9.75 Å². The van der Waals surface area contributed by atoms with Gasteiger partial charge in [0, 0.05) is 11.5 Å². The average Bonchev–Trinajstić information content (AvgIpc) is 3.42. The van der Waals surface area contributed by atoms with Gasteiger partial charge in [-0.1, -0.05) is 48.9 Å². The summed E-state index contributed by atoms with van der Waals surface area (Å²) in [5.41, 5.74) is 2.68. The molecule has 47 heavy (non-hydrogen) atoms. The summed E-state index contributed by atoms with van der Waals surface area (Å²) in [4.78, 5) is 55.1. The predicted octanol–water partition coefficient (Wildman–Crippen LogP) is 5.53. The molecule has 2 heterocycles. The van der Waals surface area contributed by atoms with E-state index in [-0.39, 0.29) is 37.6 Å². The Hall–Kier alpha value is -4.05. The molecule has 2 aliphatic heterocycles. The van der Waals surface area contributed by atoms with E-state index in [1.165, 1.54) is 17.0 Å². The highest BCUT2D eigenvalue weighted by atomic mass is 35.5. The van der Waals surface area contributed by atoms with Crippen LogP contribution in [0.5, 0.6) is 5.75 Å². The zero-order valence-corrected chi connectivity index (χ0v) is 26.9. The number of hydrogen-bond donors (Lipinski definition) is 1. The van der Waals surface area contributed by atoms with Gasteiger partial charge in [-0.25, -0.2) is 9.29 Å². The quantitative estimate of drug-likeness (QED) is 0.201. The van der Waals surface area contributed by atoms with Crippen molar-refractivity contribution in [3.63, 3.8) is 0 Å². The molecule has 0 radical (unpaired) electrons. The number of rotatable bonds is 7. The van der Waals surface area contributed by atoms with Crippen LogP contribution in [0.25, 0.3) is 0 Å². The zero-order valence-electron chi connectivity index (χ0n) is 25.4. The number of nitrogens with zero attached hydrogens (tertiary/aromatic N) is 2. The number of alkyl halides is 2. The van der Waals surface area contributed by atoms with Crippen LogP contribution in [0.3, 0.4) is 0 Å². The minimum absolute atomic E-state index is 0.0500. The van der Waals surface area contributed by atoms with E-state index >= 15 is 0 Å². The third kappa shape index (κ3) is 4.50. The van der Waals surface area contributed by atoms with E-state index in [9.17, 15) is 28.7 Å². The minimum atomic E-state index is -2.09. The summed E-state index contributed by atoms with van der Waals surface area (Å²) in [5, 5.41) is 9.53. The molecule has 1 saturated carbocycles. The molecule has 2 saturated heterocycles. The van der Waals surface area contributed by atoms with Crippen molar-refractivity contribution in [3.8, 4) is 5.75 Å². The Morgan fingerprint density at radius 1 is 0.872 bits per heavy atom. The van der Waals surface area contributed by atoms with Crippen LogP contribution in [0.15, 0.2) is 84.4 Å². The molecule has 3 aromatic rings. The standard InChI is InChI=1S/C36H31Cl2FN2O6/c1-2-20-7-11-22(12-8-20)40-31(43)26-16-15-24-27(29(26)32(40)44)19-35(37)33(45)41(23-13-9-21(39)10-14-23)34(46)36(35,38)30(24)25-5-3-4-6-28(25)47-18-17-42/h3-15,26-27,29-30,42H,2,16-19H2,1H3. The van der Waals surface area contributed by atoms with Crippen LogP contribution in [-0.4, -0.2) is 51.7 Å². The Balaban J connectivity index is 1.39. The first kappa shape index (κ1) is 31.5. The fourth-order valence-electron chi connectivity index (χ4n) is 7.89. The summed E-state index contributed by atoms with van der Waals surface area (Å²) in [5.74, 6) is -5.91. The van der Waals surface area contributed by atoms with Gasteiger partial charge < -0.3 is 9.84 Å². The number of carbonyl (C=O) groups excluding carboxylic acids is 4. The lowest BCUT2D eigenvalue weighted by Crippen LogP contribution is -2.60. The number of aliphatic hydroxyl groups excluding tert-OH is 1. The molecule has 7 rings (SSSR count). The molecule has 8 nitrogen and oxygen atoms in total. The minimum Gasteiger partial charge on any atom is -0.491 e. The summed E-state index contributed by atoms with van der Waals surface area (Å²) in [6.45, 7) is 1.69. The van der Waals surface area contributed by atoms with E-state index in [1.807, 2.05) is 25.1 Å². The summed E-state index contributed by atoms with van der Waals surface area (Å²) in [6.07, 6.45) is 2.68. The number of imide groups is 2. The average molecular weight is 678 g/mol. The van der Waals surface area contributed by atoms with Crippen LogP contribution < -0.4 is 14.5 Å². The number of allylic oxidation sites excluding steroid dienone is 2. The lowest BCUT2D eigenvalue weighted by atomic mass is 9.56. The summed E-state index contributed by atoms with van der Waals surface area (Å²) >= 11 is 14.9. The van der Waals surface area contributed by atoms with Crippen LogP contribution >= 0.6 is 23.2 Å².